The minimum atomic E-state index is -0.769. The van der Waals surface area contributed by atoms with Crippen LogP contribution < -0.4 is 5.56 Å². The van der Waals surface area contributed by atoms with E-state index >= 15 is 0 Å². The summed E-state index contributed by atoms with van der Waals surface area (Å²) in [4.78, 5) is 53.7. The van der Waals surface area contributed by atoms with Gasteiger partial charge in [-0.1, -0.05) is 18.2 Å². The molecule has 144 valence electrons. The maximum Gasteiger partial charge on any atom is 0.339 e. The molecule has 0 unspecified atom stereocenters. The van der Waals surface area contributed by atoms with Gasteiger partial charge in [0.15, 0.2) is 6.61 Å². The number of aromatic nitrogens is 1. The molecule has 8 heteroatoms. The first kappa shape index (κ1) is 20.2. The van der Waals surface area contributed by atoms with Gasteiger partial charge in [0.05, 0.1) is 12.1 Å². The zero-order chi connectivity index (χ0) is 20.0. The number of H-pyrrole nitrogens is 1. The first-order chi connectivity index (χ1) is 12.9. The van der Waals surface area contributed by atoms with Crippen LogP contribution >= 0.6 is 0 Å². The van der Waals surface area contributed by atoms with Gasteiger partial charge in [0.25, 0.3) is 5.91 Å². The summed E-state index contributed by atoms with van der Waals surface area (Å²) >= 11 is 0. The summed E-state index contributed by atoms with van der Waals surface area (Å²) in [5, 5.41) is 0.527. The van der Waals surface area contributed by atoms with E-state index in [0.29, 0.717) is 24.0 Å². The number of amides is 2. The van der Waals surface area contributed by atoms with Crippen molar-refractivity contribution < 1.29 is 19.1 Å². The first-order valence-corrected chi connectivity index (χ1v) is 8.68. The molecule has 1 aromatic carbocycles. The predicted octanol–water partition coefficient (Wildman–Crippen LogP) is 1.01. The van der Waals surface area contributed by atoms with Crippen molar-refractivity contribution in [2.45, 2.75) is 13.8 Å². The summed E-state index contributed by atoms with van der Waals surface area (Å²) in [6.07, 6.45) is 0. The minimum absolute atomic E-state index is 0.0871. The maximum atomic E-state index is 12.3. The predicted molar refractivity (Wildman–Crippen MR) is 100 cm³/mol. The lowest BCUT2D eigenvalue weighted by Crippen LogP contribution is -2.42. The molecule has 0 radical (unpaired) electrons. The van der Waals surface area contributed by atoms with Crippen LogP contribution in [-0.2, 0) is 14.3 Å². The number of nitrogens with zero attached hydrogens (tertiary/aromatic N) is 2. The highest BCUT2D eigenvalue weighted by Gasteiger charge is 2.19. The summed E-state index contributed by atoms with van der Waals surface area (Å²) in [6, 6.07) is 7.96. The molecule has 2 amide bonds. The fourth-order valence-electron chi connectivity index (χ4n) is 2.66. The Kier molecular flexibility index (Phi) is 6.70. The van der Waals surface area contributed by atoms with E-state index in [9.17, 15) is 19.2 Å². The number of carbonyl (C=O) groups excluding carboxylic acids is 3. The average molecular weight is 373 g/mol. The van der Waals surface area contributed by atoms with Crippen LogP contribution in [0.3, 0.4) is 0 Å². The standard InChI is InChI=1S/C19H23N3O5/c1-4-22(5-2)17(24)11-21(3)18(25)12-27-19(26)14-10-16(23)20-15-9-7-6-8-13(14)15/h6-10H,4-5,11-12H2,1-3H3,(H,20,23). The quantitative estimate of drug-likeness (QED) is 0.730. The van der Waals surface area contributed by atoms with Crippen LogP contribution in [0, 0.1) is 0 Å². The van der Waals surface area contributed by atoms with Gasteiger partial charge in [-0.05, 0) is 19.9 Å². The molecule has 1 N–H and O–H groups in total. The van der Waals surface area contributed by atoms with E-state index in [1.807, 2.05) is 13.8 Å². The Morgan fingerprint density at radius 1 is 1.07 bits per heavy atom. The summed E-state index contributed by atoms with van der Waals surface area (Å²) in [6.45, 7) is 4.23. The van der Waals surface area contributed by atoms with Crippen molar-refractivity contribution >= 4 is 28.7 Å². The van der Waals surface area contributed by atoms with Crippen LogP contribution in [-0.4, -0.2) is 65.9 Å². The molecule has 0 atom stereocenters. The van der Waals surface area contributed by atoms with Crippen LogP contribution in [0.1, 0.15) is 24.2 Å². The van der Waals surface area contributed by atoms with Gasteiger partial charge in [0, 0.05) is 37.1 Å². The topological polar surface area (TPSA) is 99.8 Å². The largest absolute Gasteiger partial charge is 0.452 e. The summed E-state index contributed by atoms with van der Waals surface area (Å²) in [5.41, 5.74) is 0.156. The van der Waals surface area contributed by atoms with Crippen molar-refractivity contribution in [3.63, 3.8) is 0 Å². The number of hydrogen-bond acceptors (Lipinski definition) is 5. The Morgan fingerprint density at radius 3 is 2.41 bits per heavy atom. The Bertz CT molecular complexity index is 902. The molecular formula is C19H23N3O5. The second kappa shape index (κ2) is 8.98. The molecular weight excluding hydrogens is 350 g/mol. The van der Waals surface area contributed by atoms with E-state index in [-0.39, 0.29) is 18.0 Å². The van der Waals surface area contributed by atoms with Gasteiger partial charge in [-0.2, -0.15) is 0 Å². The highest BCUT2D eigenvalue weighted by Crippen LogP contribution is 2.15. The fraction of sp³-hybridized carbons (Fsp3) is 0.368. The van der Waals surface area contributed by atoms with Gasteiger partial charge in [0.2, 0.25) is 11.5 Å². The fourth-order valence-corrected chi connectivity index (χ4v) is 2.66. The number of nitrogens with one attached hydrogen (secondary N) is 1. The second-order valence-corrected chi connectivity index (χ2v) is 5.98. The first-order valence-electron chi connectivity index (χ1n) is 8.68. The van der Waals surface area contributed by atoms with Crippen molar-refractivity contribution in [3.05, 3.63) is 46.2 Å². The lowest BCUT2D eigenvalue weighted by atomic mass is 10.1. The smallest absolute Gasteiger partial charge is 0.339 e. The number of fused-ring (bicyclic) bond motifs is 1. The highest BCUT2D eigenvalue weighted by atomic mass is 16.5. The monoisotopic (exact) mass is 373 g/mol. The molecule has 8 nitrogen and oxygen atoms in total. The molecule has 0 bridgehead atoms. The van der Waals surface area contributed by atoms with Gasteiger partial charge in [0.1, 0.15) is 0 Å². The lowest BCUT2D eigenvalue weighted by Gasteiger charge is -2.23. The molecule has 0 fully saturated rings. The third kappa shape index (κ3) is 4.93. The SMILES string of the molecule is CCN(CC)C(=O)CN(C)C(=O)COC(=O)c1cc(=O)[nH]c2ccccc12. The highest BCUT2D eigenvalue weighted by molar-refractivity contribution is 6.03. The molecule has 2 aromatic rings. The normalized spacial score (nSPS) is 10.5. The molecule has 1 aromatic heterocycles. The second-order valence-electron chi connectivity index (χ2n) is 5.98. The molecule has 1 heterocycles. The van der Waals surface area contributed by atoms with E-state index < -0.39 is 24.0 Å². The number of pyridine rings is 1. The number of ether oxygens (including phenoxy) is 1. The molecule has 0 aliphatic heterocycles. The van der Waals surface area contributed by atoms with Crippen molar-refractivity contribution in [1.82, 2.24) is 14.8 Å². The van der Waals surface area contributed by atoms with Gasteiger partial charge in [-0.3, -0.25) is 14.4 Å². The number of carbonyl (C=O) groups is 3. The zero-order valence-corrected chi connectivity index (χ0v) is 15.7. The number of benzene rings is 1. The Hall–Kier alpha value is -3.16. The van der Waals surface area contributed by atoms with Gasteiger partial charge < -0.3 is 19.5 Å². The molecule has 0 saturated heterocycles. The van der Waals surface area contributed by atoms with Crippen molar-refractivity contribution in [2.24, 2.45) is 0 Å². The van der Waals surface area contributed by atoms with Crippen molar-refractivity contribution in [2.75, 3.05) is 33.3 Å². The van der Waals surface area contributed by atoms with Gasteiger partial charge in [-0.25, -0.2) is 4.79 Å². The van der Waals surface area contributed by atoms with E-state index in [4.69, 9.17) is 4.74 Å². The summed E-state index contributed by atoms with van der Waals surface area (Å²) in [7, 11) is 1.47. The number of rotatable bonds is 7. The molecule has 0 saturated carbocycles. The molecule has 27 heavy (non-hydrogen) atoms. The maximum absolute atomic E-state index is 12.3. The van der Waals surface area contributed by atoms with Crippen LogP contribution in [0.4, 0.5) is 0 Å². The third-order valence-corrected chi connectivity index (χ3v) is 4.21. The Morgan fingerprint density at radius 2 is 1.74 bits per heavy atom. The number of para-hydroxylation sites is 1. The Balaban J connectivity index is 2.02. The molecule has 0 aliphatic carbocycles. The van der Waals surface area contributed by atoms with Crippen LogP contribution in [0.15, 0.2) is 35.1 Å². The molecule has 0 aliphatic rings. The van der Waals surface area contributed by atoms with Crippen LogP contribution in [0.2, 0.25) is 0 Å². The zero-order valence-electron chi connectivity index (χ0n) is 15.7. The van der Waals surface area contributed by atoms with E-state index in [1.54, 1.807) is 29.2 Å². The Labute approximate surface area is 156 Å². The van der Waals surface area contributed by atoms with Gasteiger partial charge in [-0.15, -0.1) is 0 Å². The van der Waals surface area contributed by atoms with Gasteiger partial charge >= 0.3 is 5.97 Å². The summed E-state index contributed by atoms with van der Waals surface area (Å²) < 4.78 is 5.06. The van der Waals surface area contributed by atoms with Crippen molar-refractivity contribution in [1.29, 1.82) is 0 Å². The minimum Gasteiger partial charge on any atom is -0.452 e. The number of hydrogen-bond donors (Lipinski definition) is 1. The van der Waals surface area contributed by atoms with Crippen molar-refractivity contribution in [3.8, 4) is 0 Å². The number of likely N-dealkylation sites (N-methyl/N-ethyl adjacent to an activating group) is 2. The average Bonchev–Trinajstić information content (AvgIpc) is 2.65. The van der Waals surface area contributed by atoms with E-state index in [1.165, 1.54) is 11.9 Å². The third-order valence-electron chi connectivity index (χ3n) is 4.21. The molecule has 0 spiro atoms. The molecule has 2 rings (SSSR count). The van der Waals surface area contributed by atoms with Crippen LogP contribution in [0.25, 0.3) is 10.9 Å². The number of esters is 1. The number of aromatic amines is 1. The summed E-state index contributed by atoms with van der Waals surface area (Å²) in [5.74, 6) is -1.45. The van der Waals surface area contributed by atoms with Crippen LogP contribution in [0.5, 0.6) is 0 Å². The lowest BCUT2D eigenvalue weighted by molar-refractivity contribution is -0.140. The van der Waals surface area contributed by atoms with E-state index in [2.05, 4.69) is 4.98 Å². The van der Waals surface area contributed by atoms with E-state index in [0.717, 1.165) is 6.07 Å².